The summed E-state index contributed by atoms with van der Waals surface area (Å²) < 4.78 is 20.9. The van der Waals surface area contributed by atoms with Gasteiger partial charge in [-0.2, -0.15) is 5.26 Å². The third kappa shape index (κ3) is 9.94. The molecule has 2 aromatic carbocycles. The maximum atomic E-state index is 14.9. The molecule has 0 unspecified atom stereocenters. The number of fused-ring (bicyclic) bond motifs is 2. The normalized spacial score (nSPS) is 23.7. The Balaban J connectivity index is 1.59. The number of aliphatic hydroxyl groups is 2. The molecule has 3 aromatic rings. The van der Waals surface area contributed by atoms with Crippen molar-refractivity contribution in [1.82, 2.24) is 9.88 Å². The van der Waals surface area contributed by atoms with Gasteiger partial charge in [-0.1, -0.05) is 43.1 Å². The van der Waals surface area contributed by atoms with Crippen molar-refractivity contribution >= 4 is 11.6 Å². The molecule has 6 atom stereocenters. The van der Waals surface area contributed by atoms with Gasteiger partial charge in [0.25, 0.3) is 5.91 Å². The van der Waals surface area contributed by atoms with Crippen LogP contribution in [0.25, 0.3) is 0 Å². The Morgan fingerprint density at radius 1 is 1.08 bits per heavy atom. The van der Waals surface area contributed by atoms with Crippen LogP contribution in [0.5, 0.6) is 11.5 Å². The maximum Gasteiger partial charge on any atom is 0.254 e. The Kier molecular flexibility index (Phi) is 14.9. The monoisotopic (exact) mass is 818 g/mol. The summed E-state index contributed by atoms with van der Waals surface area (Å²) in [6.45, 7) is 15.0. The highest BCUT2D eigenvalue weighted by Gasteiger charge is 2.65. The van der Waals surface area contributed by atoms with Gasteiger partial charge in [-0.25, -0.2) is 0 Å². The summed E-state index contributed by atoms with van der Waals surface area (Å²) in [6, 6.07) is 20.1. The smallest absolute Gasteiger partial charge is 0.254 e. The summed E-state index contributed by atoms with van der Waals surface area (Å²) in [6.07, 6.45) is 9.70. The van der Waals surface area contributed by atoms with Crippen molar-refractivity contribution in [3.63, 3.8) is 0 Å². The number of allylic oxidation sites excluding steroid dienone is 1. The van der Waals surface area contributed by atoms with Gasteiger partial charge in [-0.3, -0.25) is 9.78 Å². The lowest BCUT2D eigenvalue weighted by atomic mass is 9.55. The van der Waals surface area contributed by atoms with E-state index in [1.807, 2.05) is 69.9 Å². The first kappa shape index (κ1) is 44.5. The molecule has 1 aromatic heterocycles. The van der Waals surface area contributed by atoms with Gasteiger partial charge in [0.15, 0.2) is 0 Å². The van der Waals surface area contributed by atoms with E-state index in [0.717, 1.165) is 53.9 Å². The fourth-order valence-electron chi connectivity index (χ4n) is 9.26. The molecule has 0 saturated heterocycles. The predicted octanol–water partition coefficient (Wildman–Crippen LogP) is 8.83. The van der Waals surface area contributed by atoms with Gasteiger partial charge in [-0.05, 0) is 132 Å². The quantitative estimate of drug-likeness (QED) is 0.0688. The number of oxime groups is 1. The van der Waals surface area contributed by atoms with Gasteiger partial charge in [-0.15, -0.1) is 6.58 Å². The van der Waals surface area contributed by atoms with Crippen LogP contribution >= 0.6 is 0 Å². The van der Waals surface area contributed by atoms with Crippen LogP contribution in [0.2, 0.25) is 0 Å². The van der Waals surface area contributed by atoms with Gasteiger partial charge in [0, 0.05) is 48.9 Å². The van der Waals surface area contributed by atoms with E-state index in [0.29, 0.717) is 61.5 Å². The lowest BCUT2D eigenvalue weighted by Crippen LogP contribution is -2.70. The summed E-state index contributed by atoms with van der Waals surface area (Å²) >= 11 is 0. The average molecular weight is 819 g/mol. The zero-order valence-corrected chi connectivity index (χ0v) is 35.9. The molecule has 1 saturated carbocycles. The van der Waals surface area contributed by atoms with Crippen molar-refractivity contribution in [1.29, 1.82) is 5.26 Å². The van der Waals surface area contributed by atoms with Crippen LogP contribution in [-0.2, 0) is 16.2 Å². The zero-order valence-electron chi connectivity index (χ0n) is 35.9. The molecule has 0 radical (unpaired) electrons. The molecular weight excluding hydrogens is 757 g/mol. The van der Waals surface area contributed by atoms with Crippen LogP contribution in [0.1, 0.15) is 118 Å². The fraction of sp³-hybridized carbons (Fsp3) is 0.510. The molecule has 1 amide bonds. The molecule has 60 heavy (non-hydrogen) atoms. The average Bonchev–Trinajstić information content (AvgIpc) is 3.24. The molecule has 11 nitrogen and oxygen atoms in total. The third-order valence-electron chi connectivity index (χ3n) is 11.8. The highest BCUT2D eigenvalue weighted by Crippen LogP contribution is 2.62. The van der Waals surface area contributed by atoms with Gasteiger partial charge < -0.3 is 34.2 Å². The van der Waals surface area contributed by atoms with Crippen molar-refractivity contribution in [2.75, 3.05) is 26.4 Å². The number of carbonyl (C=O) groups is 1. The van der Waals surface area contributed by atoms with Crippen LogP contribution in [0, 0.1) is 36.0 Å². The first-order chi connectivity index (χ1) is 29.0. The van der Waals surface area contributed by atoms with E-state index in [1.54, 1.807) is 30.3 Å². The van der Waals surface area contributed by atoms with E-state index in [-0.39, 0.29) is 43.5 Å². The minimum atomic E-state index is -1.38. The summed E-state index contributed by atoms with van der Waals surface area (Å²) in [5, 5.41) is 34.3. The van der Waals surface area contributed by atoms with E-state index in [4.69, 9.17) is 24.2 Å². The van der Waals surface area contributed by atoms with E-state index in [9.17, 15) is 20.3 Å². The Hall–Kier alpha value is -5.02. The number of hydrogen-bond acceptors (Lipinski definition) is 10. The van der Waals surface area contributed by atoms with Crippen molar-refractivity contribution in [2.24, 2.45) is 22.9 Å². The van der Waals surface area contributed by atoms with E-state index in [2.05, 4.69) is 29.8 Å². The Morgan fingerprint density at radius 3 is 2.50 bits per heavy atom. The number of pyridine rings is 1. The van der Waals surface area contributed by atoms with Crippen LogP contribution in [-0.4, -0.2) is 75.5 Å². The number of benzene rings is 2. The SMILES string of the molecule is C=CCO[C@@]12Oc3ccc(OCc4cccc(C)n4)cc3[C@H]3[C@H](CCCCO)[C@@H](CCCCO)C=C(C(=NOC(C)(C)C)C[C@@H]1N(CCC)C(=O)c1ccc(C#N)cc1)[C@H]32. The van der Waals surface area contributed by atoms with Crippen molar-refractivity contribution in [3.05, 3.63) is 113 Å². The minimum absolute atomic E-state index is 0.0735. The molecular formula is C49H62N4O7. The number of aryl methyl sites for hydroxylation is 1. The van der Waals surface area contributed by atoms with Gasteiger partial charge in [0.2, 0.25) is 5.79 Å². The number of hydrogen-bond donors (Lipinski definition) is 2. The number of amides is 1. The van der Waals surface area contributed by atoms with E-state index >= 15 is 0 Å². The van der Waals surface area contributed by atoms with Crippen LogP contribution in [0.3, 0.4) is 0 Å². The van der Waals surface area contributed by atoms with E-state index < -0.39 is 23.3 Å². The number of aliphatic hydroxyl groups excluding tert-OH is 2. The highest BCUT2D eigenvalue weighted by molar-refractivity contribution is 6.03. The maximum absolute atomic E-state index is 14.9. The minimum Gasteiger partial charge on any atom is -0.487 e. The van der Waals surface area contributed by atoms with Crippen molar-refractivity contribution in [2.45, 2.75) is 116 Å². The Labute approximate surface area is 355 Å². The Bertz CT molecular complexity index is 2050. The first-order valence-electron chi connectivity index (χ1n) is 21.6. The lowest BCUT2D eigenvalue weighted by Gasteiger charge is -2.60. The number of aromatic nitrogens is 1. The Morgan fingerprint density at radius 2 is 1.83 bits per heavy atom. The molecule has 3 aliphatic rings. The number of rotatable bonds is 19. The topological polar surface area (TPSA) is 147 Å². The molecule has 1 fully saturated rings. The fourth-order valence-corrected chi connectivity index (χ4v) is 9.26. The molecule has 2 N–H and O–H groups in total. The third-order valence-corrected chi connectivity index (χ3v) is 11.8. The number of carbonyl (C=O) groups excluding carboxylic acids is 1. The number of ether oxygens (including phenoxy) is 3. The lowest BCUT2D eigenvalue weighted by molar-refractivity contribution is -0.254. The van der Waals surface area contributed by atoms with Crippen molar-refractivity contribution < 1.29 is 34.1 Å². The van der Waals surface area contributed by atoms with Crippen molar-refractivity contribution in [3.8, 4) is 17.6 Å². The summed E-state index contributed by atoms with van der Waals surface area (Å²) in [4.78, 5) is 27.7. The molecule has 11 heteroatoms. The predicted molar refractivity (Wildman–Crippen MR) is 232 cm³/mol. The highest BCUT2D eigenvalue weighted by atomic mass is 16.7. The first-order valence-corrected chi connectivity index (χ1v) is 21.6. The molecule has 2 heterocycles. The zero-order chi connectivity index (χ0) is 42.9. The number of unbranched alkanes of at least 4 members (excludes halogenated alkanes) is 2. The van der Waals surface area contributed by atoms with Gasteiger partial charge >= 0.3 is 0 Å². The van der Waals surface area contributed by atoms with E-state index in [1.165, 1.54) is 0 Å². The molecule has 1 aliphatic heterocycles. The molecule has 0 spiro atoms. The number of nitriles is 1. The second-order valence-corrected chi connectivity index (χ2v) is 17.2. The van der Waals surface area contributed by atoms with Crippen LogP contribution in [0.4, 0.5) is 0 Å². The summed E-state index contributed by atoms with van der Waals surface area (Å²) in [5.41, 5.74) is 4.77. The largest absolute Gasteiger partial charge is 0.487 e. The second-order valence-electron chi connectivity index (χ2n) is 17.2. The molecule has 6 rings (SSSR count). The molecule has 320 valence electrons. The summed E-state index contributed by atoms with van der Waals surface area (Å²) in [7, 11) is 0. The second kappa shape index (κ2) is 20.0. The number of nitrogens with zero attached hydrogens (tertiary/aromatic N) is 4. The van der Waals surface area contributed by atoms with Gasteiger partial charge in [0.1, 0.15) is 29.7 Å². The summed E-state index contributed by atoms with van der Waals surface area (Å²) in [5.74, 6) is -0.703. The molecule has 2 aliphatic carbocycles. The van der Waals surface area contributed by atoms with Crippen LogP contribution in [0.15, 0.2) is 90.1 Å². The molecule has 0 bridgehead atoms. The van der Waals surface area contributed by atoms with Gasteiger partial charge in [0.05, 0.1) is 35.6 Å². The van der Waals surface area contributed by atoms with Crippen LogP contribution < -0.4 is 9.47 Å². The standard InChI is InChI=1S/C49H62N4O7/c1-7-24-53(47(56)35-20-18-34(31-50)19-21-35)44-30-42(52-60-48(4,5)6)40-28-36(15-9-11-25-54)39(17-10-12-26-55)45-41-29-38(57-32-37-16-13-14-33(3)51-37)22-23-43(41)59-49(44,46(40)45)58-27-8-2/h8,13-14,16,18-23,28-29,36,39,44-46,54-55H,2,7,9-12,15,17,24-27,30,32H2,1,3-6H3/t36-,39+,44-,45+,46+,49+/m0/s1.